The normalized spacial score (nSPS) is 16.7. The number of amides is 2. The van der Waals surface area contributed by atoms with Crippen LogP contribution < -0.4 is 10.2 Å². The van der Waals surface area contributed by atoms with Crippen molar-refractivity contribution in [3.63, 3.8) is 0 Å². The van der Waals surface area contributed by atoms with Crippen LogP contribution >= 0.6 is 0 Å². The maximum Gasteiger partial charge on any atom is 0.227 e. The Morgan fingerprint density at radius 2 is 2.15 bits per heavy atom. The molecule has 144 valence electrons. The number of hydrogen-bond donors (Lipinski definition) is 1. The van der Waals surface area contributed by atoms with Crippen molar-refractivity contribution in [1.82, 2.24) is 15.1 Å². The summed E-state index contributed by atoms with van der Waals surface area (Å²) in [5.74, 6) is -0.414. The van der Waals surface area contributed by atoms with Gasteiger partial charge >= 0.3 is 0 Å². The number of aromatic nitrogens is 2. The first-order valence-corrected chi connectivity index (χ1v) is 9.25. The summed E-state index contributed by atoms with van der Waals surface area (Å²) in [5, 5.41) is 6.96. The second-order valence-corrected chi connectivity index (χ2v) is 6.85. The molecule has 1 aliphatic heterocycles. The number of carbonyl (C=O) groups excluding carboxylic acids is 2. The molecular weight excluding hydrogens is 344 g/mol. The number of ether oxygens (including phenoxy) is 1. The zero-order chi connectivity index (χ0) is 19.2. The molecule has 1 unspecified atom stereocenters. The molecule has 2 heterocycles. The number of benzene rings is 1. The molecule has 1 fully saturated rings. The monoisotopic (exact) mass is 370 g/mol. The third kappa shape index (κ3) is 4.95. The van der Waals surface area contributed by atoms with Crippen molar-refractivity contribution in [3.8, 4) is 0 Å². The van der Waals surface area contributed by atoms with Crippen molar-refractivity contribution in [2.45, 2.75) is 26.8 Å². The van der Waals surface area contributed by atoms with E-state index in [1.54, 1.807) is 15.8 Å². The van der Waals surface area contributed by atoms with Crippen molar-refractivity contribution < 1.29 is 14.3 Å². The van der Waals surface area contributed by atoms with Gasteiger partial charge in [-0.2, -0.15) is 5.10 Å². The van der Waals surface area contributed by atoms with Gasteiger partial charge in [0.05, 0.1) is 25.7 Å². The van der Waals surface area contributed by atoms with E-state index in [4.69, 9.17) is 4.74 Å². The van der Waals surface area contributed by atoms with Crippen molar-refractivity contribution in [2.24, 2.45) is 5.92 Å². The largest absolute Gasteiger partial charge is 0.378 e. The minimum Gasteiger partial charge on any atom is -0.378 e. The van der Waals surface area contributed by atoms with E-state index in [0.717, 1.165) is 11.3 Å². The molecule has 1 aromatic carbocycles. The molecule has 0 aliphatic carbocycles. The van der Waals surface area contributed by atoms with Gasteiger partial charge in [-0.15, -0.1) is 0 Å². The first kappa shape index (κ1) is 19.1. The molecule has 0 bridgehead atoms. The van der Waals surface area contributed by atoms with Crippen LogP contribution in [-0.4, -0.2) is 47.9 Å². The SMILES string of the molecule is Cc1ccc(N2CC(C(=O)NCCOCCn3cccn3)CC2=O)cc1C. The highest BCUT2D eigenvalue weighted by Gasteiger charge is 2.35. The summed E-state index contributed by atoms with van der Waals surface area (Å²) in [6.07, 6.45) is 3.85. The topological polar surface area (TPSA) is 76.5 Å². The second-order valence-electron chi connectivity index (χ2n) is 6.85. The summed E-state index contributed by atoms with van der Waals surface area (Å²) in [4.78, 5) is 26.4. The minimum absolute atomic E-state index is 0.00567. The van der Waals surface area contributed by atoms with Gasteiger partial charge in [0.25, 0.3) is 0 Å². The van der Waals surface area contributed by atoms with Crippen molar-refractivity contribution >= 4 is 17.5 Å². The molecule has 2 aromatic rings. The van der Waals surface area contributed by atoms with Crippen LogP contribution in [0.1, 0.15) is 17.5 Å². The van der Waals surface area contributed by atoms with Gasteiger partial charge in [-0.25, -0.2) is 0 Å². The lowest BCUT2D eigenvalue weighted by molar-refractivity contribution is -0.126. The van der Waals surface area contributed by atoms with Crippen LogP contribution in [0, 0.1) is 19.8 Å². The third-order valence-corrected chi connectivity index (χ3v) is 4.87. The average molecular weight is 370 g/mol. The fraction of sp³-hybridized carbons (Fsp3) is 0.450. The molecule has 1 saturated heterocycles. The molecule has 1 aliphatic rings. The Balaban J connectivity index is 1.40. The van der Waals surface area contributed by atoms with Gasteiger partial charge < -0.3 is 15.0 Å². The Morgan fingerprint density at radius 1 is 1.30 bits per heavy atom. The Hall–Kier alpha value is -2.67. The molecule has 27 heavy (non-hydrogen) atoms. The lowest BCUT2D eigenvalue weighted by Crippen LogP contribution is -2.35. The van der Waals surface area contributed by atoms with Gasteiger partial charge in [-0.05, 0) is 43.2 Å². The van der Waals surface area contributed by atoms with Gasteiger partial charge in [-0.1, -0.05) is 6.07 Å². The molecule has 0 spiro atoms. The predicted molar refractivity (Wildman–Crippen MR) is 102 cm³/mol. The van der Waals surface area contributed by atoms with Gasteiger partial charge in [0.1, 0.15) is 0 Å². The van der Waals surface area contributed by atoms with Crippen LogP contribution in [0.2, 0.25) is 0 Å². The summed E-state index contributed by atoms with van der Waals surface area (Å²) in [6.45, 7) is 6.59. The van der Waals surface area contributed by atoms with Crippen LogP contribution in [0.5, 0.6) is 0 Å². The van der Waals surface area contributed by atoms with Crippen LogP contribution in [0.3, 0.4) is 0 Å². The number of aryl methyl sites for hydroxylation is 2. The van der Waals surface area contributed by atoms with Gasteiger partial charge in [0, 0.05) is 37.6 Å². The standard InChI is InChI=1S/C20H26N4O3/c1-15-4-5-18(12-16(15)2)24-14-17(13-19(24)25)20(26)21-7-10-27-11-9-23-8-3-6-22-23/h3-6,8,12,17H,7,9-11,13-14H2,1-2H3,(H,21,26). The fourth-order valence-corrected chi connectivity index (χ4v) is 3.11. The zero-order valence-corrected chi connectivity index (χ0v) is 15.9. The first-order valence-electron chi connectivity index (χ1n) is 9.25. The Labute approximate surface area is 159 Å². The number of nitrogens with one attached hydrogen (secondary N) is 1. The zero-order valence-electron chi connectivity index (χ0n) is 15.9. The molecule has 1 atom stereocenters. The fourth-order valence-electron chi connectivity index (χ4n) is 3.11. The second kappa shape index (κ2) is 8.81. The molecule has 1 N–H and O–H groups in total. The lowest BCUT2D eigenvalue weighted by atomic mass is 10.1. The number of carbonyl (C=O) groups is 2. The molecular formula is C20H26N4O3. The number of rotatable bonds is 8. The molecule has 2 amide bonds. The van der Waals surface area contributed by atoms with Crippen LogP contribution in [0.15, 0.2) is 36.7 Å². The van der Waals surface area contributed by atoms with Crippen LogP contribution in [-0.2, 0) is 20.9 Å². The molecule has 0 saturated carbocycles. The molecule has 7 heteroatoms. The van der Waals surface area contributed by atoms with Gasteiger partial charge in [0.15, 0.2) is 0 Å². The molecule has 3 rings (SSSR count). The van der Waals surface area contributed by atoms with E-state index < -0.39 is 0 Å². The van der Waals surface area contributed by atoms with E-state index in [-0.39, 0.29) is 24.2 Å². The van der Waals surface area contributed by atoms with Crippen molar-refractivity contribution in [3.05, 3.63) is 47.8 Å². The summed E-state index contributed by atoms with van der Waals surface area (Å²) in [6, 6.07) is 7.81. The third-order valence-electron chi connectivity index (χ3n) is 4.87. The summed E-state index contributed by atoms with van der Waals surface area (Å²) < 4.78 is 7.30. The molecule has 1 aromatic heterocycles. The van der Waals surface area contributed by atoms with E-state index in [2.05, 4.69) is 10.4 Å². The maximum atomic E-state index is 12.3. The number of nitrogens with zero attached hydrogens (tertiary/aromatic N) is 3. The molecule has 0 radical (unpaired) electrons. The minimum atomic E-state index is -0.316. The van der Waals surface area contributed by atoms with Crippen LogP contribution in [0.25, 0.3) is 0 Å². The van der Waals surface area contributed by atoms with Crippen LogP contribution in [0.4, 0.5) is 5.69 Å². The average Bonchev–Trinajstić information content (AvgIpc) is 3.30. The maximum absolute atomic E-state index is 12.3. The van der Waals surface area contributed by atoms with Crippen molar-refractivity contribution in [2.75, 3.05) is 31.2 Å². The molecule has 7 nitrogen and oxygen atoms in total. The Bertz CT molecular complexity index is 789. The summed E-state index contributed by atoms with van der Waals surface area (Å²) in [7, 11) is 0. The number of anilines is 1. The Kier molecular flexibility index (Phi) is 6.24. The van der Waals surface area contributed by atoms with Gasteiger partial charge in [0.2, 0.25) is 11.8 Å². The van der Waals surface area contributed by atoms with Gasteiger partial charge in [-0.3, -0.25) is 14.3 Å². The van der Waals surface area contributed by atoms with E-state index in [1.165, 1.54) is 5.56 Å². The van der Waals surface area contributed by atoms with E-state index in [0.29, 0.717) is 32.8 Å². The summed E-state index contributed by atoms with van der Waals surface area (Å²) >= 11 is 0. The highest BCUT2D eigenvalue weighted by atomic mass is 16.5. The number of hydrogen-bond acceptors (Lipinski definition) is 4. The van der Waals surface area contributed by atoms with Crippen molar-refractivity contribution in [1.29, 1.82) is 0 Å². The smallest absolute Gasteiger partial charge is 0.227 e. The quantitative estimate of drug-likeness (QED) is 0.718. The summed E-state index contributed by atoms with van der Waals surface area (Å²) in [5.41, 5.74) is 3.19. The van der Waals surface area contributed by atoms with E-state index in [1.807, 2.05) is 44.3 Å². The Morgan fingerprint density at radius 3 is 2.89 bits per heavy atom. The van der Waals surface area contributed by atoms with E-state index in [9.17, 15) is 9.59 Å². The highest BCUT2D eigenvalue weighted by Crippen LogP contribution is 2.26. The predicted octanol–water partition coefficient (Wildman–Crippen LogP) is 1.69. The first-order chi connectivity index (χ1) is 13.0. The van der Waals surface area contributed by atoms with E-state index >= 15 is 0 Å². The lowest BCUT2D eigenvalue weighted by Gasteiger charge is -2.18. The highest BCUT2D eigenvalue weighted by molar-refractivity contribution is 6.00.